The van der Waals surface area contributed by atoms with E-state index in [0.29, 0.717) is 0 Å². The Balaban J connectivity index is 2.66. The van der Waals surface area contributed by atoms with Gasteiger partial charge in [0.15, 0.2) is 0 Å². The van der Waals surface area contributed by atoms with Gasteiger partial charge in [-0.3, -0.25) is 0 Å². The molecule has 0 unspecified atom stereocenters. The van der Waals surface area contributed by atoms with Gasteiger partial charge in [-0.1, -0.05) is 13.8 Å². The van der Waals surface area contributed by atoms with Crippen LogP contribution >= 0.6 is 0 Å². The van der Waals surface area contributed by atoms with Gasteiger partial charge in [-0.05, 0) is 40.5 Å². The van der Waals surface area contributed by atoms with Crippen molar-refractivity contribution in [2.75, 3.05) is 6.67 Å². The topological polar surface area (TPSA) is 6.48 Å². The van der Waals surface area contributed by atoms with Gasteiger partial charge in [0.2, 0.25) is 0 Å². The van der Waals surface area contributed by atoms with E-state index in [2.05, 4.69) is 63.7 Å². The Labute approximate surface area is 94.9 Å². The van der Waals surface area contributed by atoms with E-state index >= 15 is 0 Å². The predicted molar refractivity (Wildman–Crippen MR) is 66.4 cm³/mol. The van der Waals surface area contributed by atoms with Crippen LogP contribution in [-0.2, 0) is 0 Å². The summed E-state index contributed by atoms with van der Waals surface area (Å²) in [5.41, 5.74) is 0.546. The van der Waals surface area contributed by atoms with Gasteiger partial charge in [-0.15, -0.1) is 0 Å². The smallest absolute Gasteiger partial charge is 0.0903 e. The molecule has 0 radical (unpaired) electrons. The first-order chi connectivity index (χ1) is 6.83. The number of hydrogen-bond donors (Lipinski definition) is 0. The van der Waals surface area contributed by atoms with Crippen LogP contribution in [0.5, 0.6) is 0 Å². The average molecular weight is 210 g/mol. The average Bonchev–Trinajstić information content (AvgIpc) is 2.67. The lowest BCUT2D eigenvalue weighted by atomic mass is 9.99. The molecule has 15 heavy (non-hydrogen) atoms. The largest absolute Gasteiger partial charge is 0.353 e. The molecule has 0 spiro atoms. The van der Waals surface area contributed by atoms with Crippen molar-refractivity contribution in [1.82, 2.24) is 9.80 Å². The van der Waals surface area contributed by atoms with Gasteiger partial charge in [-0.25, -0.2) is 0 Å². The molecule has 1 aliphatic heterocycles. The summed E-state index contributed by atoms with van der Waals surface area (Å²) in [6.07, 6.45) is 6.83. The minimum absolute atomic E-state index is 0.273. The predicted octanol–water partition coefficient (Wildman–Crippen LogP) is 3.41. The molecule has 0 amide bonds. The molecule has 0 aromatic heterocycles. The summed E-state index contributed by atoms with van der Waals surface area (Å²) >= 11 is 0. The minimum Gasteiger partial charge on any atom is -0.353 e. The maximum atomic E-state index is 2.43. The molecule has 0 atom stereocenters. The summed E-state index contributed by atoms with van der Waals surface area (Å²) < 4.78 is 0. The van der Waals surface area contributed by atoms with Crippen molar-refractivity contribution in [1.29, 1.82) is 0 Å². The van der Waals surface area contributed by atoms with Crippen LogP contribution in [0.2, 0.25) is 0 Å². The van der Waals surface area contributed by atoms with Gasteiger partial charge >= 0.3 is 0 Å². The second kappa shape index (κ2) is 4.07. The Bertz CT molecular complexity index is 217. The molecular formula is C13H26N2. The first-order valence-electron chi connectivity index (χ1n) is 6.05. The highest BCUT2D eigenvalue weighted by molar-refractivity contribution is 5.01. The number of nitrogens with zero attached hydrogens (tertiary/aromatic N) is 2. The quantitative estimate of drug-likeness (QED) is 0.701. The van der Waals surface area contributed by atoms with Crippen LogP contribution in [0.15, 0.2) is 12.4 Å². The fourth-order valence-electron chi connectivity index (χ4n) is 1.61. The zero-order valence-corrected chi connectivity index (χ0v) is 11.2. The van der Waals surface area contributed by atoms with Gasteiger partial charge in [0, 0.05) is 23.5 Å². The summed E-state index contributed by atoms with van der Waals surface area (Å²) in [7, 11) is 0. The summed E-state index contributed by atoms with van der Waals surface area (Å²) in [4.78, 5) is 4.87. The van der Waals surface area contributed by atoms with Crippen LogP contribution in [0, 0.1) is 0 Å². The molecule has 0 bridgehead atoms. The third-order valence-corrected chi connectivity index (χ3v) is 4.02. The second-order valence-corrected chi connectivity index (χ2v) is 5.71. The molecule has 0 fully saturated rings. The molecule has 0 saturated carbocycles. The third-order valence-electron chi connectivity index (χ3n) is 4.02. The molecule has 88 valence electrons. The summed E-state index contributed by atoms with van der Waals surface area (Å²) in [6.45, 7) is 14.8. The van der Waals surface area contributed by atoms with Gasteiger partial charge < -0.3 is 9.80 Å². The highest BCUT2D eigenvalue weighted by Crippen LogP contribution is 2.28. The SMILES string of the molecule is CCC(C)(C)N1C=CN(C(C)(C)CC)C1. The standard InChI is InChI=1S/C13H26N2/c1-7-12(3,4)14-9-10-15(11-14)13(5,6)8-2/h9-10H,7-8,11H2,1-6H3. The van der Waals surface area contributed by atoms with Gasteiger partial charge in [0.25, 0.3) is 0 Å². The van der Waals surface area contributed by atoms with Crippen LogP contribution in [-0.4, -0.2) is 27.5 Å². The maximum Gasteiger partial charge on any atom is 0.0903 e. The molecule has 2 heteroatoms. The Kier molecular flexibility index (Phi) is 3.37. The third kappa shape index (κ3) is 2.47. The van der Waals surface area contributed by atoms with E-state index < -0.39 is 0 Å². The van der Waals surface area contributed by atoms with Crippen molar-refractivity contribution in [3.05, 3.63) is 12.4 Å². The fourth-order valence-corrected chi connectivity index (χ4v) is 1.61. The Morgan fingerprint density at radius 3 is 1.47 bits per heavy atom. The van der Waals surface area contributed by atoms with E-state index in [4.69, 9.17) is 0 Å². The van der Waals surface area contributed by atoms with Gasteiger partial charge in [0.05, 0.1) is 6.67 Å². The van der Waals surface area contributed by atoms with E-state index in [1.807, 2.05) is 0 Å². The van der Waals surface area contributed by atoms with Crippen LogP contribution in [0.25, 0.3) is 0 Å². The molecule has 1 rings (SSSR count). The van der Waals surface area contributed by atoms with Crippen molar-refractivity contribution in [2.45, 2.75) is 65.5 Å². The number of hydrogen-bond acceptors (Lipinski definition) is 2. The van der Waals surface area contributed by atoms with Crippen molar-refractivity contribution < 1.29 is 0 Å². The van der Waals surface area contributed by atoms with E-state index in [1.165, 1.54) is 12.8 Å². The first kappa shape index (κ1) is 12.4. The Hall–Kier alpha value is -0.660. The monoisotopic (exact) mass is 210 g/mol. The first-order valence-corrected chi connectivity index (χ1v) is 6.05. The summed E-state index contributed by atoms with van der Waals surface area (Å²) in [6, 6.07) is 0. The molecule has 0 aliphatic carbocycles. The van der Waals surface area contributed by atoms with Crippen molar-refractivity contribution >= 4 is 0 Å². The molecule has 0 aromatic carbocycles. The van der Waals surface area contributed by atoms with Crippen LogP contribution < -0.4 is 0 Å². The normalized spacial score (nSPS) is 17.7. The van der Waals surface area contributed by atoms with Crippen molar-refractivity contribution in [2.24, 2.45) is 0 Å². The lowest BCUT2D eigenvalue weighted by Gasteiger charge is -2.40. The lowest BCUT2D eigenvalue weighted by molar-refractivity contribution is 0.0886. The van der Waals surface area contributed by atoms with Gasteiger partial charge in [-0.2, -0.15) is 0 Å². The second-order valence-electron chi connectivity index (χ2n) is 5.71. The Morgan fingerprint density at radius 1 is 0.867 bits per heavy atom. The highest BCUT2D eigenvalue weighted by Gasteiger charge is 2.31. The van der Waals surface area contributed by atoms with E-state index in [0.717, 1.165) is 6.67 Å². The molecule has 0 N–H and O–H groups in total. The van der Waals surface area contributed by atoms with Crippen LogP contribution in [0.4, 0.5) is 0 Å². The molecule has 0 aromatic rings. The lowest BCUT2D eigenvalue weighted by Crippen LogP contribution is -2.46. The summed E-state index contributed by atoms with van der Waals surface area (Å²) in [5, 5.41) is 0. The van der Waals surface area contributed by atoms with Crippen molar-refractivity contribution in [3.63, 3.8) is 0 Å². The highest BCUT2D eigenvalue weighted by atomic mass is 15.4. The number of rotatable bonds is 4. The fraction of sp³-hybridized carbons (Fsp3) is 0.846. The maximum absolute atomic E-state index is 2.43. The van der Waals surface area contributed by atoms with E-state index in [-0.39, 0.29) is 11.1 Å². The summed E-state index contributed by atoms with van der Waals surface area (Å²) in [5.74, 6) is 0. The zero-order valence-electron chi connectivity index (χ0n) is 11.2. The molecule has 1 aliphatic rings. The van der Waals surface area contributed by atoms with Gasteiger partial charge in [0.1, 0.15) is 0 Å². The minimum atomic E-state index is 0.273. The molecule has 1 heterocycles. The van der Waals surface area contributed by atoms with Crippen LogP contribution in [0.1, 0.15) is 54.4 Å². The van der Waals surface area contributed by atoms with Crippen molar-refractivity contribution in [3.8, 4) is 0 Å². The Morgan fingerprint density at radius 2 is 1.20 bits per heavy atom. The molecule has 0 saturated heterocycles. The van der Waals surface area contributed by atoms with Crippen LogP contribution in [0.3, 0.4) is 0 Å². The van der Waals surface area contributed by atoms with E-state index in [1.54, 1.807) is 0 Å². The molecular weight excluding hydrogens is 184 g/mol. The molecule has 2 nitrogen and oxygen atoms in total. The van der Waals surface area contributed by atoms with E-state index in [9.17, 15) is 0 Å². The zero-order chi connectivity index (χ0) is 11.7.